The van der Waals surface area contributed by atoms with Crippen molar-refractivity contribution in [1.29, 1.82) is 5.26 Å². The van der Waals surface area contributed by atoms with E-state index in [0.717, 1.165) is 17.0 Å². The molecule has 4 rings (SSSR count). The van der Waals surface area contributed by atoms with Crippen LogP contribution in [0.3, 0.4) is 0 Å². The van der Waals surface area contributed by atoms with Crippen molar-refractivity contribution in [3.8, 4) is 6.07 Å². The summed E-state index contributed by atoms with van der Waals surface area (Å²) in [6, 6.07) is 12.4. The first-order valence-electron chi connectivity index (χ1n) is 13.8. The molecule has 226 valence electrons. The van der Waals surface area contributed by atoms with E-state index in [1.54, 1.807) is 19.1 Å². The highest BCUT2D eigenvalue weighted by Crippen LogP contribution is 2.44. The van der Waals surface area contributed by atoms with Crippen LogP contribution in [-0.4, -0.2) is 72.7 Å². The van der Waals surface area contributed by atoms with Gasteiger partial charge in [0.25, 0.3) is 0 Å². The van der Waals surface area contributed by atoms with Crippen LogP contribution in [0.15, 0.2) is 59.8 Å². The number of carbonyl (C=O) groups is 4. The normalized spacial score (nSPS) is 19.7. The van der Waals surface area contributed by atoms with Gasteiger partial charge in [-0.1, -0.05) is 18.2 Å². The molecule has 0 saturated carbocycles. The van der Waals surface area contributed by atoms with Gasteiger partial charge in [-0.15, -0.1) is 0 Å². The molecule has 2 atom stereocenters. The van der Waals surface area contributed by atoms with Crippen LogP contribution in [-0.2, 0) is 30.1 Å². The first-order chi connectivity index (χ1) is 20.4. The minimum atomic E-state index is -4.68. The molecule has 0 aliphatic carbocycles. The summed E-state index contributed by atoms with van der Waals surface area (Å²) < 4.78 is 45.8. The number of hydrogen-bond acceptors (Lipinski definition) is 7. The number of rotatable bonds is 7. The number of carbonyl (C=O) groups excluding carboxylic acids is 4. The summed E-state index contributed by atoms with van der Waals surface area (Å²) in [5.41, 5.74) is -0.0891. The third-order valence-electron chi connectivity index (χ3n) is 7.67. The van der Waals surface area contributed by atoms with Gasteiger partial charge >= 0.3 is 12.1 Å². The van der Waals surface area contributed by atoms with Gasteiger partial charge in [0, 0.05) is 49.1 Å². The zero-order chi connectivity index (χ0) is 31.5. The van der Waals surface area contributed by atoms with E-state index < -0.39 is 47.1 Å². The van der Waals surface area contributed by atoms with Crippen LogP contribution in [0, 0.1) is 17.2 Å². The summed E-state index contributed by atoms with van der Waals surface area (Å²) >= 11 is 0. The largest absolute Gasteiger partial charge is 0.465 e. The standard InChI is InChI=1S/C31H31F3N4O5/c1-4-43-25(40)18-36-12-14-37(15-13-36)29(41)28-27(22-10-8-21(17-35)9-11-22)26(20(3)39)19(2)38(30(28)42)24-7-5-6-23(16-24)31(32,33)34/h5-11,16,27-28H,4,12-15,18H2,1-3H3. The van der Waals surface area contributed by atoms with Crippen LogP contribution in [0.1, 0.15) is 43.4 Å². The Balaban J connectivity index is 1.78. The lowest BCUT2D eigenvalue weighted by Crippen LogP contribution is -2.56. The molecule has 2 aromatic carbocycles. The molecule has 2 unspecified atom stereocenters. The van der Waals surface area contributed by atoms with E-state index in [-0.39, 0.29) is 43.2 Å². The van der Waals surface area contributed by atoms with Gasteiger partial charge < -0.3 is 9.64 Å². The number of anilines is 1. The predicted octanol–water partition coefficient (Wildman–Crippen LogP) is 3.89. The van der Waals surface area contributed by atoms with Crippen molar-refractivity contribution in [2.45, 2.75) is 32.9 Å². The van der Waals surface area contributed by atoms with Crippen LogP contribution in [0.5, 0.6) is 0 Å². The molecule has 0 radical (unpaired) electrons. The molecule has 2 aliphatic rings. The molecule has 0 aromatic heterocycles. The van der Waals surface area contributed by atoms with E-state index in [0.29, 0.717) is 24.2 Å². The van der Waals surface area contributed by atoms with Crippen LogP contribution >= 0.6 is 0 Å². The number of benzene rings is 2. The first kappa shape index (κ1) is 31.4. The lowest BCUT2D eigenvalue weighted by atomic mass is 9.73. The molecule has 0 N–H and O–H groups in total. The second-order valence-corrected chi connectivity index (χ2v) is 10.4. The summed E-state index contributed by atoms with van der Waals surface area (Å²) in [6.45, 7) is 5.78. The van der Waals surface area contributed by atoms with Crippen LogP contribution in [0.2, 0.25) is 0 Å². The number of esters is 1. The Hall–Kier alpha value is -4.50. The van der Waals surface area contributed by atoms with Crippen molar-refractivity contribution in [3.63, 3.8) is 0 Å². The highest BCUT2D eigenvalue weighted by molar-refractivity contribution is 6.15. The SMILES string of the molecule is CCOC(=O)CN1CCN(C(=O)C2C(=O)N(c3cccc(C(F)(F)F)c3)C(C)=C(C(C)=O)C2c2ccc(C#N)cc2)CC1. The van der Waals surface area contributed by atoms with Crippen molar-refractivity contribution in [2.75, 3.05) is 44.2 Å². The summed E-state index contributed by atoms with van der Waals surface area (Å²) in [5, 5.41) is 9.27. The zero-order valence-electron chi connectivity index (χ0n) is 24.0. The summed E-state index contributed by atoms with van der Waals surface area (Å²) in [7, 11) is 0. The maximum atomic E-state index is 14.3. The lowest BCUT2D eigenvalue weighted by molar-refractivity contribution is -0.146. The van der Waals surface area contributed by atoms with Gasteiger partial charge in [-0.25, -0.2) is 0 Å². The number of nitriles is 1. The zero-order valence-corrected chi connectivity index (χ0v) is 24.0. The molecule has 0 spiro atoms. The number of halogens is 3. The number of nitrogens with zero attached hydrogens (tertiary/aromatic N) is 4. The molecule has 0 bridgehead atoms. The van der Waals surface area contributed by atoms with Gasteiger partial charge in [-0.3, -0.25) is 29.0 Å². The smallest absolute Gasteiger partial charge is 0.416 e. The highest BCUT2D eigenvalue weighted by atomic mass is 19.4. The molecule has 2 amide bonds. The second-order valence-electron chi connectivity index (χ2n) is 10.4. The number of Topliss-reactive ketones (excluding diaryl/α,β-unsaturated/α-hetero) is 1. The number of hydrogen-bond donors (Lipinski definition) is 0. The molecule has 1 saturated heterocycles. The minimum absolute atomic E-state index is 0.0475. The number of alkyl halides is 3. The van der Waals surface area contributed by atoms with E-state index in [2.05, 4.69) is 0 Å². The van der Waals surface area contributed by atoms with Gasteiger partial charge in [0.05, 0.1) is 30.3 Å². The molecular weight excluding hydrogens is 565 g/mol. The number of ether oxygens (including phenoxy) is 1. The third kappa shape index (κ3) is 6.62. The van der Waals surface area contributed by atoms with E-state index >= 15 is 0 Å². The molecule has 9 nitrogen and oxygen atoms in total. The van der Waals surface area contributed by atoms with Gasteiger partial charge in [-0.2, -0.15) is 18.4 Å². The fourth-order valence-corrected chi connectivity index (χ4v) is 5.66. The number of allylic oxidation sites excluding steroid dienone is 2. The molecule has 1 fully saturated rings. The Morgan fingerprint density at radius 3 is 2.26 bits per heavy atom. The van der Waals surface area contributed by atoms with Crippen molar-refractivity contribution in [2.24, 2.45) is 5.92 Å². The van der Waals surface area contributed by atoms with Gasteiger partial charge in [0.15, 0.2) is 5.78 Å². The molecule has 2 aromatic rings. The number of ketones is 1. The van der Waals surface area contributed by atoms with E-state index in [4.69, 9.17) is 4.74 Å². The Labute approximate surface area is 247 Å². The summed E-state index contributed by atoms with van der Waals surface area (Å²) in [6.07, 6.45) is -4.68. The monoisotopic (exact) mass is 596 g/mol. The Bertz CT molecular complexity index is 1490. The van der Waals surface area contributed by atoms with Gasteiger partial charge in [0.2, 0.25) is 11.8 Å². The number of amides is 2. The molecular formula is C31H31F3N4O5. The Morgan fingerprint density at radius 2 is 1.70 bits per heavy atom. The average Bonchev–Trinajstić information content (AvgIpc) is 2.96. The van der Waals surface area contributed by atoms with Crippen LogP contribution < -0.4 is 4.90 Å². The second kappa shape index (κ2) is 12.8. The molecule has 12 heteroatoms. The Kier molecular flexibility index (Phi) is 9.35. The minimum Gasteiger partial charge on any atom is -0.465 e. The quantitative estimate of drug-likeness (QED) is 0.352. The predicted molar refractivity (Wildman–Crippen MR) is 149 cm³/mol. The van der Waals surface area contributed by atoms with Gasteiger partial charge in [-0.05, 0) is 56.7 Å². The van der Waals surface area contributed by atoms with Crippen LogP contribution in [0.25, 0.3) is 0 Å². The molecule has 43 heavy (non-hydrogen) atoms. The van der Waals surface area contributed by atoms with E-state index in [1.165, 1.54) is 43.0 Å². The summed E-state index contributed by atoms with van der Waals surface area (Å²) in [4.78, 5) is 57.9. The lowest BCUT2D eigenvalue weighted by Gasteiger charge is -2.42. The average molecular weight is 597 g/mol. The van der Waals surface area contributed by atoms with E-state index in [1.807, 2.05) is 11.0 Å². The molecule has 2 heterocycles. The van der Waals surface area contributed by atoms with Crippen LogP contribution in [0.4, 0.5) is 18.9 Å². The van der Waals surface area contributed by atoms with Crippen molar-refractivity contribution >= 4 is 29.3 Å². The maximum Gasteiger partial charge on any atom is 0.416 e. The topological polar surface area (TPSA) is 111 Å². The van der Waals surface area contributed by atoms with Crippen molar-refractivity contribution in [3.05, 3.63) is 76.5 Å². The first-order valence-corrected chi connectivity index (χ1v) is 13.8. The van der Waals surface area contributed by atoms with Crippen molar-refractivity contribution < 1.29 is 37.1 Å². The Morgan fingerprint density at radius 1 is 1.05 bits per heavy atom. The van der Waals surface area contributed by atoms with Gasteiger partial charge in [0.1, 0.15) is 5.92 Å². The van der Waals surface area contributed by atoms with E-state index in [9.17, 15) is 37.6 Å². The third-order valence-corrected chi connectivity index (χ3v) is 7.67. The maximum absolute atomic E-state index is 14.3. The van der Waals surface area contributed by atoms with Crippen molar-refractivity contribution in [1.82, 2.24) is 9.80 Å². The fraction of sp³-hybridized carbons (Fsp3) is 0.387. The fourth-order valence-electron chi connectivity index (χ4n) is 5.66. The molecule has 2 aliphatic heterocycles. The number of piperazine rings is 1. The highest BCUT2D eigenvalue weighted by Gasteiger charge is 2.49. The summed E-state index contributed by atoms with van der Waals surface area (Å²) in [5.74, 6) is -4.71.